The Balaban J connectivity index is 0.00000220. The highest BCUT2D eigenvalue weighted by molar-refractivity contribution is 6.09. The van der Waals surface area contributed by atoms with Crippen molar-refractivity contribution >= 4 is 29.8 Å². The van der Waals surface area contributed by atoms with E-state index >= 15 is 0 Å². The van der Waals surface area contributed by atoms with Gasteiger partial charge in [-0.25, -0.2) is 0 Å². The zero-order valence-electron chi connectivity index (χ0n) is 11.4. The van der Waals surface area contributed by atoms with Crippen LogP contribution in [-0.4, -0.2) is 22.9 Å². The van der Waals surface area contributed by atoms with Crippen LogP contribution in [0.25, 0.3) is 0 Å². The third-order valence-electron chi connectivity index (χ3n) is 2.91. The lowest BCUT2D eigenvalue weighted by molar-refractivity contribution is -0.137. The van der Waals surface area contributed by atoms with E-state index in [9.17, 15) is 9.59 Å². The van der Waals surface area contributed by atoms with Crippen LogP contribution in [0, 0.1) is 0 Å². The van der Waals surface area contributed by atoms with E-state index in [0.29, 0.717) is 16.8 Å². The lowest BCUT2D eigenvalue weighted by Gasteiger charge is -2.11. The molecule has 0 fully saturated rings. The van der Waals surface area contributed by atoms with E-state index in [0.717, 1.165) is 0 Å². The summed E-state index contributed by atoms with van der Waals surface area (Å²) in [7, 11) is 0. The molecule has 4 nitrogen and oxygen atoms in total. The van der Waals surface area contributed by atoms with E-state index in [2.05, 4.69) is 5.32 Å². The van der Waals surface area contributed by atoms with Crippen LogP contribution in [0.5, 0.6) is 0 Å². The number of carboxylic acids is 1. The number of carbonyl (C=O) groups is 2. The molecule has 5 heteroatoms. The van der Waals surface area contributed by atoms with Crippen LogP contribution >= 0.6 is 12.4 Å². The van der Waals surface area contributed by atoms with Gasteiger partial charge in [-0.2, -0.15) is 0 Å². The van der Waals surface area contributed by atoms with Crippen LogP contribution in [0.1, 0.15) is 22.8 Å². The Morgan fingerprint density at radius 3 is 2.24 bits per heavy atom. The van der Waals surface area contributed by atoms with Crippen molar-refractivity contribution in [2.24, 2.45) is 0 Å². The Labute approximate surface area is 129 Å². The van der Waals surface area contributed by atoms with Crippen molar-refractivity contribution < 1.29 is 14.7 Å². The minimum Gasteiger partial charge on any atom is -0.480 e. The third-order valence-corrected chi connectivity index (χ3v) is 2.91. The lowest BCUT2D eigenvalue weighted by atomic mass is 10.0. The molecule has 0 amide bonds. The van der Waals surface area contributed by atoms with Crippen LogP contribution in [0.15, 0.2) is 54.6 Å². The summed E-state index contributed by atoms with van der Waals surface area (Å²) in [6.07, 6.45) is 0. The number of carboxylic acid groups (broad SMARTS) is 1. The first-order valence-electron chi connectivity index (χ1n) is 6.27. The minimum absolute atomic E-state index is 0. The summed E-state index contributed by atoms with van der Waals surface area (Å²) in [4.78, 5) is 23.1. The Hall–Kier alpha value is -2.33. The van der Waals surface area contributed by atoms with Gasteiger partial charge in [-0.15, -0.1) is 12.4 Å². The first kappa shape index (κ1) is 16.7. The van der Waals surface area contributed by atoms with E-state index in [-0.39, 0.29) is 18.2 Å². The summed E-state index contributed by atoms with van der Waals surface area (Å²) >= 11 is 0. The van der Waals surface area contributed by atoms with Gasteiger partial charge >= 0.3 is 5.97 Å². The molecule has 21 heavy (non-hydrogen) atoms. The van der Waals surface area contributed by atoms with Gasteiger partial charge < -0.3 is 10.4 Å². The van der Waals surface area contributed by atoms with Gasteiger partial charge in [-0.3, -0.25) is 9.59 Å². The summed E-state index contributed by atoms with van der Waals surface area (Å²) in [6, 6.07) is 15.1. The van der Waals surface area contributed by atoms with Crippen molar-refractivity contribution in [3.05, 3.63) is 65.7 Å². The number of hydrogen-bond acceptors (Lipinski definition) is 3. The Morgan fingerprint density at radius 1 is 1.00 bits per heavy atom. The van der Waals surface area contributed by atoms with E-state index < -0.39 is 12.0 Å². The maximum Gasteiger partial charge on any atom is 0.325 e. The molecule has 0 aromatic heterocycles. The van der Waals surface area contributed by atoms with Gasteiger partial charge in [0.2, 0.25) is 0 Å². The number of nitrogens with one attached hydrogen (secondary N) is 1. The van der Waals surface area contributed by atoms with Crippen molar-refractivity contribution in [2.75, 3.05) is 5.32 Å². The van der Waals surface area contributed by atoms with Gasteiger partial charge in [0, 0.05) is 16.8 Å². The fourth-order valence-electron chi connectivity index (χ4n) is 1.82. The Morgan fingerprint density at radius 2 is 1.62 bits per heavy atom. The molecule has 0 aliphatic heterocycles. The third kappa shape index (κ3) is 4.33. The second-order valence-corrected chi connectivity index (χ2v) is 4.48. The molecule has 0 radical (unpaired) electrons. The lowest BCUT2D eigenvalue weighted by Crippen LogP contribution is -2.25. The number of rotatable bonds is 5. The van der Waals surface area contributed by atoms with Crippen molar-refractivity contribution in [2.45, 2.75) is 13.0 Å². The van der Waals surface area contributed by atoms with Crippen LogP contribution < -0.4 is 5.32 Å². The van der Waals surface area contributed by atoms with Crippen LogP contribution in [0.3, 0.4) is 0 Å². The zero-order valence-corrected chi connectivity index (χ0v) is 12.3. The molecule has 2 aromatic rings. The number of aliphatic carboxylic acids is 1. The monoisotopic (exact) mass is 305 g/mol. The molecule has 0 aliphatic carbocycles. The highest BCUT2D eigenvalue weighted by Crippen LogP contribution is 2.15. The molecule has 0 saturated heterocycles. The molecule has 0 spiro atoms. The highest BCUT2D eigenvalue weighted by Gasteiger charge is 2.12. The maximum atomic E-state index is 12.3. The summed E-state index contributed by atoms with van der Waals surface area (Å²) in [5, 5.41) is 11.7. The largest absolute Gasteiger partial charge is 0.480 e. The normalized spacial score (nSPS) is 11.1. The van der Waals surface area contributed by atoms with Crippen molar-refractivity contribution in [3.8, 4) is 0 Å². The molecular weight excluding hydrogens is 290 g/mol. The number of hydrogen-bond donors (Lipinski definition) is 2. The van der Waals surface area contributed by atoms with E-state index in [1.54, 1.807) is 43.3 Å². The average Bonchev–Trinajstić information content (AvgIpc) is 2.47. The molecule has 2 N–H and O–H groups in total. The van der Waals surface area contributed by atoms with Gasteiger partial charge in [-0.05, 0) is 19.1 Å². The first-order chi connectivity index (χ1) is 9.58. The van der Waals surface area contributed by atoms with E-state index in [4.69, 9.17) is 5.11 Å². The fraction of sp³-hybridized carbons (Fsp3) is 0.125. The summed E-state index contributed by atoms with van der Waals surface area (Å²) in [6.45, 7) is 1.55. The predicted octanol–water partition coefficient (Wildman–Crippen LogP) is 3.22. The summed E-state index contributed by atoms with van der Waals surface area (Å²) in [5.41, 5.74) is 1.75. The average molecular weight is 306 g/mol. The minimum atomic E-state index is -0.940. The predicted molar refractivity (Wildman–Crippen MR) is 84.3 cm³/mol. The number of ketones is 1. The zero-order chi connectivity index (χ0) is 14.5. The molecular formula is C16H16ClNO3. The summed E-state index contributed by atoms with van der Waals surface area (Å²) in [5.74, 6) is -1.03. The Bertz CT molecular complexity index is 628. The van der Waals surface area contributed by atoms with Gasteiger partial charge in [0.05, 0.1) is 0 Å². The first-order valence-corrected chi connectivity index (χ1v) is 6.27. The van der Waals surface area contributed by atoms with Crippen molar-refractivity contribution in [1.29, 1.82) is 0 Å². The molecule has 110 valence electrons. The quantitative estimate of drug-likeness (QED) is 0.832. The second kappa shape index (κ2) is 7.45. The van der Waals surface area contributed by atoms with Crippen LogP contribution in [0.4, 0.5) is 5.69 Å². The molecule has 0 bridgehead atoms. The molecule has 0 saturated carbocycles. The molecule has 0 heterocycles. The Kier molecular flexibility index (Phi) is 5.93. The fourth-order valence-corrected chi connectivity index (χ4v) is 1.82. The van der Waals surface area contributed by atoms with Crippen LogP contribution in [0.2, 0.25) is 0 Å². The maximum absolute atomic E-state index is 12.3. The number of carbonyl (C=O) groups excluding carboxylic acids is 1. The molecule has 1 unspecified atom stereocenters. The smallest absolute Gasteiger partial charge is 0.325 e. The summed E-state index contributed by atoms with van der Waals surface area (Å²) < 4.78 is 0. The van der Waals surface area contributed by atoms with Gasteiger partial charge in [0.15, 0.2) is 5.78 Å². The topological polar surface area (TPSA) is 66.4 Å². The van der Waals surface area contributed by atoms with Crippen molar-refractivity contribution in [1.82, 2.24) is 0 Å². The molecule has 2 rings (SSSR count). The standard InChI is InChI=1S/C16H15NO3.ClH/c1-11(16(19)20)17-14-9-5-8-13(10-14)15(18)12-6-3-2-4-7-12;/h2-11,17H,1H3,(H,19,20);1H. The molecule has 2 aromatic carbocycles. The highest BCUT2D eigenvalue weighted by atomic mass is 35.5. The SMILES string of the molecule is CC(Nc1cccc(C(=O)c2ccccc2)c1)C(=O)O.Cl. The molecule has 1 atom stereocenters. The van der Waals surface area contributed by atoms with Crippen LogP contribution in [-0.2, 0) is 4.79 Å². The van der Waals surface area contributed by atoms with Gasteiger partial charge in [0.1, 0.15) is 6.04 Å². The second-order valence-electron chi connectivity index (χ2n) is 4.48. The van der Waals surface area contributed by atoms with E-state index in [1.165, 1.54) is 0 Å². The number of halogens is 1. The van der Waals surface area contributed by atoms with Gasteiger partial charge in [0.25, 0.3) is 0 Å². The number of benzene rings is 2. The van der Waals surface area contributed by atoms with Crippen molar-refractivity contribution in [3.63, 3.8) is 0 Å². The number of anilines is 1. The molecule has 0 aliphatic rings. The van der Waals surface area contributed by atoms with E-state index in [1.807, 2.05) is 18.2 Å². The van der Waals surface area contributed by atoms with Gasteiger partial charge in [-0.1, -0.05) is 42.5 Å².